The van der Waals surface area contributed by atoms with Crippen LogP contribution in [0.5, 0.6) is 0 Å². The van der Waals surface area contributed by atoms with E-state index in [-0.39, 0.29) is 5.41 Å². The molecule has 0 bridgehead atoms. The van der Waals surface area contributed by atoms with E-state index in [0.29, 0.717) is 0 Å². The number of aromatic nitrogens is 2. The summed E-state index contributed by atoms with van der Waals surface area (Å²) in [5.41, 5.74) is 2.43. The van der Waals surface area contributed by atoms with Crippen molar-refractivity contribution in [1.29, 1.82) is 0 Å². The van der Waals surface area contributed by atoms with Crippen LogP contribution in [0.2, 0.25) is 0 Å². The monoisotopic (exact) mass is 166 g/mol. The first-order valence-corrected chi connectivity index (χ1v) is 4.02. The Bertz CT molecular complexity index is 230. The van der Waals surface area contributed by atoms with Gasteiger partial charge in [0.1, 0.15) is 0 Å². The molecule has 2 nitrogen and oxygen atoms in total. The van der Waals surface area contributed by atoms with Crippen LogP contribution in [0.15, 0.2) is 19.2 Å². The first-order valence-electron chi connectivity index (χ1n) is 4.02. The molecule has 68 valence electrons. The van der Waals surface area contributed by atoms with Crippen molar-refractivity contribution in [2.24, 2.45) is 0 Å². The van der Waals surface area contributed by atoms with Crippen molar-refractivity contribution in [3.8, 4) is 0 Å². The lowest BCUT2D eigenvalue weighted by atomic mass is 9.92. The van der Waals surface area contributed by atoms with E-state index in [1.165, 1.54) is 0 Å². The highest BCUT2D eigenvalue weighted by atomic mass is 15.1. The molecule has 0 unspecified atom stereocenters. The van der Waals surface area contributed by atoms with Gasteiger partial charge in [-0.15, -0.1) is 13.2 Å². The summed E-state index contributed by atoms with van der Waals surface area (Å²) >= 11 is 0. The van der Waals surface area contributed by atoms with Crippen molar-refractivity contribution in [2.75, 3.05) is 0 Å². The van der Waals surface area contributed by atoms with Gasteiger partial charge in [-0.25, -0.2) is 0 Å². The first-order chi connectivity index (χ1) is 5.50. The van der Waals surface area contributed by atoms with Gasteiger partial charge in [0.2, 0.25) is 0 Å². The summed E-state index contributed by atoms with van der Waals surface area (Å²) < 4.78 is 0. The molecule has 0 saturated heterocycles. The molecule has 0 radical (unpaired) electrons. The van der Waals surface area contributed by atoms with E-state index in [4.69, 9.17) is 0 Å². The summed E-state index contributed by atoms with van der Waals surface area (Å²) in [4.78, 5) is 0. The second-order valence-corrected chi connectivity index (χ2v) is 3.69. The molecule has 1 aromatic heterocycles. The van der Waals surface area contributed by atoms with Crippen molar-refractivity contribution in [3.63, 3.8) is 0 Å². The van der Waals surface area contributed by atoms with Crippen molar-refractivity contribution in [1.82, 2.24) is 10.2 Å². The summed E-state index contributed by atoms with van der Waals surface area (Å²) in [6.07, 6.45) is 0. The maximum Gasteiger partial charge on any atom is 0.0678 e. The third-order valence-electron chi connectivity index (χ3n) is 1.47. The van der Waals surface area contributed by atoms with Crippen molar-refractivity contribution >= 4 is 0 Å². The Morgan fingerprint density at radius 1 is 1.33 bits per heavy atom. The lowest BCUT2D eigenvalue weighted by Gasteiger charge is -2.13. The minimum atomic E-state index is 0.171. The number of rotatable bonds is 0. The lowest BCUT2D eigenvalue weighted by molar-refractivity contribution is 0.567. The van der Waals surface area contributed by atoms with E-state index in [1.54, 1.807) is 0 Å². The van der Waals surface area contributed by atoms with Crippen LogP contribution in [0.4, 0.5) is 0 Å². The van der Waals surface area contributed by atoms with Gasteiger partial charge < -0.3 is 0 Å². The van der Waals surface area contributed by atoms with Gasteiger partial charge in [-0.2, -0.15) is 5.10 Å². The Labute approximate surface area is 74.7 Å². The maximum atomic E-state index is 4.16. The van der Waals surface area contributed by atoms with Gasteiger partial charge in [0.05, 0.1) is 5.69 Å². The van der Waals surface area contributed by atoms with Gasteiger partial charge in [-0.05, 0) is 13.0 Å². The summed E-state index contributed by atoms with van der Waals surface area (Å²) in [5, 5.41) is 7.09. The van der Waals surface area contributed by atoms with Crippen LogP contribution < -0.4 is 0 Å². The molecule has 0 fully saturated rings. The predicted octanol–water partition coefficient (Wildman–Crippen LogP) is 2.82. The number of hydrogen-bond acceptors (Lipinski definition) is 1. The van der Waals surface area contributed by atoms with Crippen LogP contribution in [-0.2, 0) is 5.41 Å². The van der Waals surface area contributed by atoms with Crippen LogP contribution in [0.1, 0.15) is 32.2 Å². The zero-order valence-electron chi connectivity index (χ0n) is 8.44. The molecule has 12 heavy (non-hydrogen) atoms. The molecule has 0 saturated carbocycles. The predicted molar refractivity (Wildman–Crippen MR) is 53.3 cm³/mol. The number of hydrogen-bond donors (Lipinski definition) is 1. The van der Waals surface area contributed by atoms with Gasteiger partial charge >= 0.3 is 0 Å². The largest absolute Gasteiger partial charge is 0.283 e. The highest BCUT2D eigenvalue weighted by Gasteiger charge is 2.15. The Morgan fingerprint density at radius 2 is 1.83 bits per heavy atom. The Balaban J connectivity index is 0.000000561. The van der Waals surface area contributed by atoms with Gasteiger partial charge in [-0.1, -0.05) is 20.8 Å². The van der Waals surface area contributed by atoms with Crippen molar-refractivity contribution in [2.45, 2.75) is 33.1 Å². The first kappa shape index (κ1) is 11.0. The highest BCUT2D eigenvalue weighted by molar-refractivity contribution is 5.14. The molecule has 1 aromatic rings. The number of aryl methyl sites for hydroxylation is 1. The normalized spacial score (nSPS) is 10.3. The van der Waals surface area contributed by atoms with Gasteiger partial charge in [0, 0.05) is 11.1 Å². The second-order valence-electron chi connectivity index (χ2n) is 3.69. The summed E-state index contributed by atoms with van der Waals surface area (Å²) in [5.74, 6) is 0. The minimum absolute atomic E-state index is 0.171. The Kier molecular flexibility index (Phi) is 3.74. The fourth-order valence-corrected chi connectivity index (χ4v) is 0.802. The van der Waals surface area contributed by atoms with Gasteiger partial charge in [0.15, 0.2) is 0 Å². The van der Waals surface area contributed by atoms with Crippen LogP contribution in [-0.4, -0.2) is 10.2 Å². The Hall–Kier alpha value is -1.05. The van der Waals surface area contributed by atoms with E-state index in [1.807, 2.05) is 6.92 Å². The fraction of sp³-hybridized carbons (Fsp3) is 0.500. The fourth-order valence-electron chi connectivity index (χ4n) is 0.802. The number of H-pyrrole nitrogens is 1. The van der Waals surface area contributed by atoms with E-state index in [2.05, 4.69) is 50.2 Å². The molecule has 0 aromatic carbocycles. The van der Waals surface area contributed by atoms with E-state index in [9.17, 15) is 0 Å². The molecule has 1 rings (SSSR count). The zero-order chi connectivity index (χ0) is 9.78. The van der Waals surface area contributed by atoms with E-state index >= 15 is 0 Å². The molecule has 1 N–H and O–H groups in total. The quantitative estimate of drug-likeness (QED) is 0.590. The SMILES string of the molecule is C=C.Cc1cc(C(C)(C)C)n[nH]1. The molecule has 0 aliphatic rings. The molecular formula is C10H18N2. The minimum Gasteiger partial charge on any atom is -0.283 e. The molecule has 0 atom stereocenters. The van der Waals surface area contributed by atoms with E-state index in [0.717, 1.165) is 11.4 Å². The number of nitrogens with one attached hydrogen (secondary N) is 1. The second kappa shape index (κ2) is 4.10. The molecule has 2 heteroatoms. The smallest absolute Gasteiger partial charge is 0.0678 e. The third-order valence-corrected chi connectivity index (χ3v) is 1.47. The van der Waals surface area contributed by atoms with Crippen LogP contribution in [0.3, 0.4) is 0 Å². The molecular weight excluding hydrogens is 148 g/mol. The summed E-state index contributed by atoms with van der Waals surface area (Å²) in [7, 11) is 0. The summed E-state index contributed by atoms with van der Waals surface area (Å²) in [6.45, 7) is 14.5. The average Bonchev–Trinajstić information content (AvgIpc) is 2.39. The maximum absolute atomic E-state index is 4.16. The van der Waals surface area contributed by atoms with Gasteiger partial charge in [0.25, 0.3) is 0 Å². The molecule has 0 aliphatic carbocycles. The molecule has 0 amide bonds. The lowest BCUT2D eigenvalue weighted by Crippen LogP contribution is -2.11. The van der Waals surface area contributed by atoms with Crippen molar-refractivity contribution in [3.05, 3.63) is 30.6 Å². The average molecular weight is 166 g/mol. The third kappa shape index (κ3) is 2.91. The zero-order valence-corrected chi connectivity index (χ0v) is 8.44. The topological polar surface area (TPSA) is 28.7 Å². The van der Waals surface area contributed by atoms with Gasteiger partial charge in [-0.3, -0.25) is 5.10 Å². The number of aromatic amines is 1. The summed E-state index contributed by atoms with van der Waals surface area (Å²) in [6, 6.07) is 2.08. The Morgan fingerprint density at radius 3 is 2.00 bits per heavy atom. The van der Waals surface area contributed by atoms with Crippen LogP contribution >= 0.6 is 0 Å². The standard InChI is InChI=1S/C8H14N2.C2H4/c1-6-5-7(10-9-6)8(2,3)4;1-2/h5H,1-4H3,(H,9,10);1-2H2. The van der Waals surface area contributed by atoms with Crippen LogP contribution in [0, 0.1) is 6.92 Å². The van der Waals surface area contributed by atoms with Crippen LogP contribution in [0.25, 0.3) is 0 Å². The number of nitrogens with zero attached hydrogens (tertiary/aromatic N) is 1. The molecule has 0 aliphatic heterocycles. The van der Waals surface area contributed by atoms with Crippen molar-refractivity contribution < 1.29 is 0 Å². The highest BCUT2D eigenvalue weighted by Crippen LogP contribution is 2.19. The molecule has 1 heterocycles. The van der Waals surface area contributed by atoms with E-state index < -0.39 is 0 Å². The molecule has 0 spiro atoms.